The largest absolute Gasteiger partial charge is 0.338 e. The van der Waals surface area contributed by atoms with E-state index in [0.29, 0.717) is 0 Å². The van der Waals surface area contributed by atoms with E-state index in [2.05, 4.69) is 36.0 Å². The molecule has 3 rings (SSSR count). The lowest BCUT2D eigenvalue weighted by molar-refractivity contribution is 0.311. The molecule has 0 bridgehead atoms. The Balaban J connectivity index is 1.66. The highest BCUT2D eigenvalue weighted by molar-refractivity contribution is 5.37. The maximum absolute atomic E-state index is 4.76. The van der Waals surface area contributed by atoms with Gasteiger partial charge in [-0.15, -0.1) is 0 Å². The zero-order chi connectivity index (χ0) is 14.8. The zero-order valence-corrected chi connectivity index (χ0v) is 13.5. The summed E-state index contributed by atoms with van der Waals surface area (Å²) in [6.45, 7) is 9.53. The molecule has 0 atom stereocenters. The Kier molecular flexibility index (Phi) is 4.40. The number of likely N-dealkylation sites (N-methyl/N-ethyl adjacent to an activating group) is 1. The number of aryl methyl sites for hydroxylation is 2. The molecule has 1 aromatic heterocycles. The van der Waals surface area contributed by atoms with Crippen LogP contribution in [-0.4, -0.2) is 60.7 Å². The van der Waals surface area contributed by atoms with E-state index in [1.807, 2.05) is 0 Å². The van der Waals surface area contributed by atoms with Crippen molar-refractivity contribution >= 4 is 5.95 Å². The fourth-order valence-electron chi connectivity index (χ4n) is 2.92. The van der Waals surface area contributed by atoms with Crippen LogP contribution in [0.15, 0.2) is 0 Å². The lowest BCUT2D eigenvalue weighted by atomic mass is 10.1. The molecule has 0 amide bonds. The first kappa shape index (κ1) is 14.7. The summed E-state index contributed by atoms with van der Waals surface area (Å²) in [7, 11) is 2.17. The molecular formula is C16H27N5. The van der Waals surface area contributed by atoms with Gasteiger partial charge in [0.2, 0.25) is 5.95 Å². The van der Waals surface area contributed by atoms with Crippen LogP contribution in [0.3, 0.4) is 0 Å². The second-order valence-electron chi connectivity index (χ2n) is 6.44. The number of rotatable bonds is 5. The van der Waals surface area contributed by atoms with Crippen molar-refractivity contribution in [2.45, 2.75) is 39.2 Å². The Morgan fingerprint density at radius 1 is 1.05 bits per heavy atom. The summed E-state index contributed by atoms with van der Waals surface area (Å²) in [4.78, 5) is 14.2. The number of hydrogen-bond acceptors (Lipinski definition) is 5. The number of hydrogen-bond donors (Lipinski definition) is 1. The van der Waals surface area contributed by atoms with E-state index in [0.717, 1.165) is 62.5 Å². The third kappa shape index (κ3) is 3.71. The van der Waals surface area contributed by atoms with Gasteiger partial charge in [0.1, 0.15) is 0 Å². The summed E-state index contributed by atoms with van der Waals surface area (Å²) in [5.74, 6) is 0.914. The van der Waals surface area contributed by atoms with E-state index >= 15 is 0 Å². The predicted octanol–water partition coefficient (Wildman–Crippen LogP) is 1.14. The van der Waals surface area contributed by atoms with E-state index in [1.165, 1.54) is 18.4 Å². The van der Waals surface area contributed by atoms with Crippen LogP contribution in [0.25, 0.3) is 0 Å². The van der Waals surface area contributed by atoms with Crippen LogP contribution in [0, 0.1) is 13.8 Å². The van der Waals surface area contributed by atoms with Crippen molar-refractivity contribution in [3.63, 3.8) is 0 Å². The number of aromatic nitrogens is 2. The standard InChI is InChI=1S/C16H27N5/c1-12-15(6-7-17-14-4-5-14)13(2)19-16(18-12)21-10-8-20(3)9-11-21/h14,17H,4-11H2,1-3H3. The van der Waals surface area contributed by atoms with Gasteiger partial charge in [-0.05, 0) is 52.3 Å². The van der Waals surface area contributed by atoms with Crippen LogP contribution >= 0.6 is 0 Å². The van der Waals surface area contributed by atoms with E-state index in [1.54, 1.807) is 0 Å². The van der Waals surface area contributed by atoms with Gasteiger partial charge in [-0.1, -0.05) is 0 Å². The van der Waals surface area contributed by atoms with Gasteiger partial charge in [-0.25, -0.2) is 9.97 Å². The van der Waals surface area contributed by atoms with Crippen LogP contribution < -0.4 is 10.2 Å². The Labute approximate surface area is 127 Å². The van der Waals surface area contributed by atoms with Gasteiger partial charge in [0.15, 0.2) is 0 Å². The lowest BCUT2D eigenvalue weighted by Crippen LogP contribution is -2.45. The molecule has 1 aliphatic heterocycles. The van der Waals surface area contributed by atoms with Crippen molar-refractivity contribution in [2.75, 3.05) is 44.7 Å². The SMILES string of the molecule is Cc1nc(N2CCN(C)CC2)nc(C)c1CCNC1CC1. The van der Waals surface area contributed by atoms with Crippen LogP contribution in [0.1, 0.15) is 29.8 Å². The van der Waals surface area contributed by atoms with Gasteiger partial charge in [0, 0.05) is 43.6 Å². The van der Waals surface area contributed by atoms with Crippen molar-refractivity contribution in [1.29, 1.82) is 0 Å². The molecule has 2 aliphatic rings. The fourth-order valence-corrected chi connectivity index (χ4v) is 2.92. The van der Waals surface area contributed by atoms with Crippen LogP contribution in [0.5, 0.6) is 0 Å². The molecule has 1 saturated heterocycles. The molecule has 116 valence electrons. The van der Waals surface area contributed by atoms with Gasteiger partial charge < -0.3 is 15.1 Å². The minimum atomic E-state index is 0.774. The summed E-state index contributed by atoms with van der Waals surface area (Å²) in [6.07, 6.45) is 3.73. The van der Waals surface area contributed by atoms with Crippen molar-refractivity contribution in [2.24, 2.45) is 0 Å². The number of anilines is 1. The molecule has 0 spiro atoms. The molecule has 5 heteroatoms. The smallest absolute Gasteiger partial charge is 0.225 e. The van der Waals surface area contributed by atoms with Gasteiger partial charge >= 0.3 is 0 Å². The maximum atomic E-state index is 4.76. The molecule has 1 aromatic rings. The first-order chi connectivity index (χ1) is 10.1. The molecule has 1 aliphatic carbocycles. The second-order valence-corrected chi connectivity index (χ2v) is 6.44. The van der Waals surface area contributed by atoms with Crippen LogP contribution in [0.2, 0.25) is 0 Å². The third-order valence-electron chi connectivity index (χ3n) is 4.58. The molecule has 2 heterocycles. The minimum absolute atomic E-state index is 0.774. The quantitative estimate of drug-likeness (QED) is 0.880. The monoisotopic (exact) mass is 289 g/mol. The van der Waals surface area contributed by atoms with Gasteiger partial charge in [0.05, 0.1) is 0 Å². The van der Waals surface area contributed by atoms with E-state index in [-0.39, 0.29) is 0 Å². The molecule has 5 nitrogen and oxygen atoms in total. The maximum Gasteiger partial charge on any atom is 0.225 e. The summed E-state index contributed by atoms with van der Waals surface area (Å²) in [6, 6.07) is 0.774. The predicted molar refractivity (Wildman–Crippen MR) is 85.9 cm³/mol. The normalized spacial score (nSPS) is 20.0. The molecule has 0 unspecified atom stereocenters. The zero-order valence-electron chi connectivity index (χ0n) is 13.5. The fraction of sp³-hybridized carbons (Fsp3) is 0.750. The summed E-state index contributed by atoms with van der Waals surface area (Å²) < 4.78 is 0. The highest BCUT2D eigenvalue weighted by atomic mass is 15.3. The average molecular weight is 289 g/mol. The third-order valence-corrected chi connectivity index (χ3v) is 4.58. The summed E-state index contributed by atoms with van der Waals surface area (Å²) in [5.41, 5.74) is 3.61. The van der Waals surface area contributed by atoms with Crippen LogP contribution in [0.4, 0.5) is 5.95 Å². The highest BCUT2D eigenvalue weighted by Gasteiger charge is 2.21. The first-order valence-electron chi connectivity index (χ1n) is 8.14. The number of nitrogens with zero attached hydrogens (tertiary/aromatic N) is 4. The second kappa shape index (κ2) is 6.28. The molecule has 0 aromatic carbocycles. The Hall–Kier alpha value is -1.20. The molecule has 2 fully saturated rings. The van der Waals surface area contributed by atoms with Gasteiger partial charge in [-0.3, -0.25) is 0 Å². The summed E-state index contributed by atoms with van der Waals surface area (Å²) in [5, 5.41) is 3.57. The Morgan fingerprint density at radius 3 is 2.24 bits per heavy atom. The van der Waals surface area contributed by atoms with Crippen molar-refractivity contribution in [3.05, 3.63) is 17.0 Å². The first-order valence-corrected chi connectivity index (χ1v) is 8.14. The van der Waals surface area contributed by atoms with Crippen LogP contribution in [-0.2, 0) is 6.42 Å². The molecule has 1 N–H and O–H groups in total. The van der Waals surface area contributed by atoms with E-state index < -0.39 is 0 Å². The molecule has 21 heavy (non-hydrogen) atoms. The number of piperazine rings is 1. The van der Waals surface area contributed by atoms with Crippen molar-refractivity contribution in [1.82, 2.24) is 20.2 Å². The lowest BCUT2D eigenvalue weighted by Gasteiger charge is -2.32. The molecule has 0 radical (unpaired) electrons. The summed E-state index contributed by atoms with van der Waals surface area (Å²) >= 11 is 0. The molecular weight excluding hydrogens is 262 g/mol. The minimum Gasteiger partial charge on any atom is -0.338 e. The van der Waals surface area contributed by atoms with Gasteiger partial charge in [-0.2, -0.15) is 0 Å². The topological polar surface area (TPSA) is 44.3 Å². The molecule has 1 saturated carbocycles. The van der Waals surface area contributed by atoms with Crippen molar-refractivity contribution < 1.29 is 0 Å². The average Bonchev–Trinajstić information content (AvgIpc) is 3.26. The van der Waals surface area contributed by atoms with Gasteiger partial charge in [0.25, 0.3) is 0 Å². The Bertz CT molecular complexity index is 466. The Morgan fingerprint density at radius 2 is 1.67 bits per heavy atom. The van der Waals surface area contributed by atoms with E-state index in [4.69, 9.17) is 9.97 Å². The van der Waals surface area contributed by atoms with Crippen molar-refractivity contribution in [3.8, 4) is 0 Å². The highest BCUT2D eigenvalue weighted by Crippen LogP contribution is 2.20. The number of nitrogens with one attached hydrogen (secondary N) is 1. The van der Waals surface area contributed by atoms with E-state index in [9.17, 15) is 0 Å².